The quantitative estimate of drug-likeness (QED) is 0.267. The third-order valence-electron chi connectivity index (χ3n) is 4.23. The van der Waals surface area contributed by atoms with E-state index < -0.39 is 9.84 Å². The van der Waals surface area contributed by atoms with Crippen molar-refractivity contribution in [2.45, 2.75) is 16.4 Å². The first kappa shape index (κ1) is 20.2. The highest BCUT2D eigenvalue weighted by molar-refractivity contribution is 7.91. The van der Waals surface area contributed by atoms with Crippen molar-refractivity contribution >= 4 is 15.7 Å². The Kier molecular flexibility index (Phi) is 6.04. The van der Waals surface area contributed by atoms with Crippen LogP contribution < -0.4 is 15.2 Å². The van der Waals surface area contributed by atoms with Gasteiger partial charge in [-0.25, -0.2) is 8.42 Å². The zero-order valence-corrected chi connectivity index (χ0v) is 16.5. The van der Waals surface area contributed by atoms with Gasteiger partial charge in [-0.1, -0.05) is 53.7 Å². The highest BCUT2D eigenvalue weighted by Gasteiger charge is 2.26. The van der Waals surface area contributed by atoms with Crippen molar-refractivity contribution in [1.82, 2.24) is 0 Å². The minimum atomic E-state index is -3.95. The van der Waals surface area contributed by atoms with Gasteiger partial charge in [-0.2, -0.15) is 0 Å². The van der Waals surface area contributed by atoms with E-state index in [-0.39, 0.29) is 39.3 Å². The lowest BCUT2D eigenvalue weighted by atomic mass is 10.2. The highest BCUT2D eigenvalue weighted by Crippen LogP contribution is 2.35. The number of methoxy groups -OCH3 is 1. The predicted molar refractivity (Wildman–Crippen MR) is 108 cm³/mol. The second-order valence-corrected chi connectivity index (χ2v) is 7.99. The van der Waals surface area contributed by atoms with Crippen LogP contribution in [0.3, 0.4) is 0 Å². The van der Waals surface area contributed by atoms with Crippen LogP contribution >= 0.6 is 0 Å². The van der Waals surface area contributed by atoms with Gasteiger partial charge in [0.2, 0.25) is 9.84 Å². The number of oxime groups is 1. The minimum absolute atomic E-state index is 0.0141. The molecule has 0 fully saturated rings. The van der Waals surface area contributed by atoms with Crippen LogP contribution in [0.4, 0.5) is 0 Å². The molecule has 0 heterocycles. The Hall–Kier alpha value is -3.52. The summed E-state index contributed by atoms with van der Waals surface area (Å²) in [5, 5.41) is 12.1. The molecule has 3 aromatic rings. The van der Waals surface area contributed by atoms with Crippen LogP contribution in [-0.4, -0.2) is 26.6 Å². The molecule has 3 N–H and O–H groups in total. The first-order valence-electron chi connectivity index (χ1n) is 8.64. The van der Waals surface area contributed by atoms with E-state index in [0.717, 1.165) is 5.56 Å². The summed E-state index contributed by atoms with van der Waals surface area (Å²) in [4.78, 5) is -0.0742. The third kappa shape index (κ3) is 4.33. The minimum Gasteiger partial charge on any atom is -0.493 e. The molecule has 0 aliphatic rings. The normalized spacial score (nSPS) is 11.8. The molecule has 0 amide bonds. The molecule has 0 bridgehead atoms. The molecular weight excluding hydrogens is 392 g/mol. The van der Waals surface area contributed by atoms with Gasteiger partial charge in [0.15, 0.2) is 17.3 Å². The first-order chi connectivity index (χ1) is 14.0. The van der Waals surface area contributed by atoms with Gasteiger partial charge in [0, 0.05) is 11.6 Å². The first-order valence-corrected chi connectivity index (χ1v) is 10.1. The van der Waals surface area contributed by atoms with Crippen molar-refractivity contribution in [2.75, 3.05) is 7.11 Å². The molecule has 150 valence electrons. The summed E-state index contributed by atoms with van der Waals surface area (Å²) < 4.78 is 37.4. The monoisotopic (exact) mass is 412 g/mol. The van der Waals surface area contributed by atoms with Gasteiger partial charge >= 0.3 is 0 Å². The number of nitrogens with zero attached hydrogens (tertiary/aromatic N) is 1. The fourth-order valence-electron chi connectivity index (χ4n) is 2.75. The van der Waals surface area contributed by atoms with Crippen LogP contribution in [0.2, 0.25) is 0 Å². The summed E-state index contributed by atoms with van der Waals surface area (Å²) in [6, 6.07) is 20.0. The van der Waals surface area contributed by atoms with Crippen LogP contribution in [-0.2, 0) is 16.4 Å². The molecule has 0 atom stereocenters. The SMILES string of the molecule is COc1cc(S(=O)(=O)c2ccccc2)c(/C(N)=N/O)cc1OCc1ccccc1. The number of sulfone groups is 1. The van der Waals surface area contributed by atoms with E-state index in [9.17, 15) is 13.6 Å². The maximum Gasteiger partial charge on any atom is 0.207 e. The van der Waals surface area contributed by atoms with Gasteiger partial charge in [0.25, 0.3) is 0 Å². The lowest BCUT2D eigenvalue weighted by Gasteiger charge is -2.16. The maximum atomic E-state index is 13.1. The number of amidine groups is 1. The molecule has 0 aromatic heterocycles. The third-order valence-corrected chi connectivity index (χ3v) is 6.04. The molecule has 0 saturated heterocycles. The predicted octanol–water partition coefficient (Wildman–Crippen LogP) is 3.20. The van der Waals surface area contributed by atoms with Crippen molar-refractivity contribution in [3.05, 3.63) is 83.9 Å². The van der Waals surface area contributed by atoms with Crippen molar-refractivity contribution in [3.8, 4) is 11.5 Å². The van der Waals surface area contributed by atoms with E-state index in [1.165, 1.54) is 31.4 Å². The van der Waals surface area contributed by atoms with Gasteiger partial charge < -0.3 is 20.4 Å². The van der Waals surface area contributed by atoms with Gasteiger partial charge in [0.05, 0.1) is 16.9 Å². The standard InChI is InChI=1S/C21H20N2O5S/c1-27-18-13-20(29(25,26)16-10-6-3-7-11-16)17(21(22)23-24)12-19(18)28-14-15-8-4-2-5-9-15/h2-13,24H,14H2,1H3,(H2,22,23). The maximum absolute atomic E-state index is 13.1. The smallest absolute Gasteiger partial charge is 0.207 e. The average molecular weight is 412 g/mol. The Morgan fingerprint density at radius 2 is 1.62 bits per heavy atom. The zero-order chi connectivity index (χ0) is 20.9. The van der Waals surface area contributed by atoms with Crippen molar-refractivity contribution in [2.24, 2.45) is 10.9 Å². The van der Waals surface area contributed by atoms with E-state index in [1.807, 2.05) is 30.3 Å². The van der Waals surface area contributed by atoms with E-state index in [2.05, 4.69) is 5.16 Å². The molecule has 0 radical (unpaired) electrons. The number of hydrogen-bond acceptors (Lipinski definition) is 6. The molecule has 0 aliphatic carbocycles. The van der Waals surface area contributed by atoms with E-state index >= 15 is 0 Å². The molecular formula is C21H20N2O5S. The number of nitrogens with two attached hydrogens (primary N) is 1. The topological polar surface area (TPSA) is 111 Å². The van der Waals surface area contributed by atoms with E-state index in [0.29, 0.717) is 0 Å². The van der Waals surface area contributed by atoms with Crippen LogP contribution in [0, 0.1) is 0 Å². The zero-order valence-electron chi connectivity index (χ0n) is 15.6. The summed E-state index contributed by atoms with van der Waals surface area (Å²) in [6.07, 6.45) is 0. The van der Waals surface area contributed by atoms with Crippen molar-refractivity contribution in [3.63, 3.8) is 0 Å². The summed E-state index contributed by atoms with van der Waals surface area (Å²) in [7, 11) is -2.54. The Morgan fingerprint density at radius 1 is 1.00 bits per heavy atom. The Balaban J connectivity index is 2.10. The number of ether oxygens (including phenoxy) is 2. The Morgan fingerprint density at radius 3 is 2.21 bits per heavy atom. The molecule has 8 heteroatoms. The fourth-order valence-corrected chi connectivity index (χ4v) is 4.24. The van der Waals surface area contributed by atoms with Gasteiger partial charge in [0.1, 0.15) is 6.61 Å². The van der Waals surface area contributed by atoms with Crippen LogP contribution in [0.15, 0.2) is 87.7 Å². The fraction of sp³-hybridized carbons (Fsp3) is 0.0952. The van der Waals surface area contributed by atoms with E-state index in [4.69, 9.17) is 15.2 Å². The molecule has 0 saturated carbocycles. The molecule has 7 nitrogen and oxygen atoms in total. The molecule has 0 unspecified atom stereocenters. The Bertz CT molecular complexity index is 1110. The second kappa shape index (κ2) is 8.66. The molecule has 0 aliphatic heterocycles. The van der Waals surface area contributed by atoms with E-state index in [1.54, 1.807) is 18.2 Å². The highest BCUT2D eigenvalue weighted by atomic mass is 32.2. The van der Waals surface area contributed by atoms with Crippen LogP contribution in [0.25, 0.3) is 0 Å². The lowest BCUT2D eigenvalue weighted by molar-refractivity contribution is 0.284. The van der Waals surface area contributed by atoms with Gasteiger partial charge in [-0.15, -0.1) is 0 Å². The Labute approximate surface area is 168 Å². The summed E-state index contributed by atoms with van der Waals surface area (Å²) in [6.45, 7) is 0.234. The average Bonchev–Trinajstić information content (AvgIpc) is 2.77. The number of benzene rings is 3. The summed E-state index contributed by atoms with van der Waals surface area (Å²) in [5.41, 5.74) is 6.71. The van der Waals surface area contributed by atoms with Crippen molar-refractivity contribution < 1.29 is 23.1 Å². The molecule has 3 aromatic carbocycles. The second-order valence-electron chi connectivity index (χ2n) is 6.08. The summed E-state index contributed by atoms with van der Waals surface area (Å²) >= 11 is 0. The van der Waals surface area contributed by atoms with Crippen LogP contribution in [0.5, 0.6) is 11.5 Å². The van der Waals surface area contributed by atoms with Gasteiger partial charge in [-0.05, 0) is 23.8 Å². The summed E-state index contributed by atoms with van der Waals surface area (Å²) in [5.74, 6) is 0.126. The van der Waals surface area contributed by atoms with Crippen LogP contribution in [0.1, 0.15) is 11.1 Å². The molecule has 29 heavy (non-hydrogen) atoms. The van der Waals surface area contributed by atoms with Crippen molar-refractivity contribution in [1.29, 1.82) is 0 Å². The van der Waals surface area contributed by atoms with Gasteiger partial charge in [-0.3, -0.25) is 0 Å². The number of rotatable bonds is 7. The molecule has 3 rings (SSSR count). The molecule has 0 spiro atoms. The number of hydrogen-bond donors (Lipinski definition) is 2. The lowest BCUT2D eigenvalue weighted by Crippen LogP contribution is -2.18. The largest absolute Gasteiger partial charge is 0.493 e.